The van der Waals surface area contributed by atoms with Crippen molar-refractivity contribution in [2.75, 3.05) is 19.0 Å². The molecule has 0 aliphatic heterocycles. The number of fused-ring (bicyclic) bond motifs is 1. The Balaban J connectivity index is 1.41. The Morgan fingerprint density at radius 1 is 1.15 bits per heavy atom. The van der Waals surface area contributed by atoms with Crippen molar-refractivity contribution in [3.05, 3.63) is 51.7 Å². The molecule has 3 aromatic rings. The SMILES string of the molecule is CCOC(=O)c1c(NC(=O)C(C)Sc2nnc(CNC(=O)c3ccccc3OC)n2C)sc2c1CCCCC2. The third-order valence-corrected chi connectivity index (χ3v) is 8.81. The van der Waals surface area contributed by atoms with Crippen LogP contribution in [0.2, 0.25) is 0 Å². The molecule has 1 aromatic carbocycles. The van der Waals surface area contributed by atoms with Crippen LogP contribution in [0.25, 0.3) is 0 Å². The maximum atomic E-state index is 13.2. The van der Waals surface area contributed by atoms with E-state index in [9.17, 15) is 14.4 Å². The van der Waals surface area contributed by atoms with Gasteiger partial charge in [0.1, 0.15) is 10.8 Å². The summed E-state index contributed by atoms with van der Waals surface area (Å²) in [6, 6.07) is 6.97. The summed E-state index contributed by atoms with van der Waals surface area (Å²) in [7, 11) is 3.30. The molecule has 2 aromatic heterocycles. The van der Waals surface area contributed by atoms with Gasteiger partial charge in [0.15, 0.2) is 11.0 Å². The smallest absolute Gasteiger partial charge is 0.341 e. The highest BCUT2D eigenvalue weighted by atomic mass is 32.2. The fourth-order valence-corrected chi connectivity index (χ4v) is 6.48. The predicted molar refractivity (Wildman–Crippen MR) is 151 cm³/mol. The first-order valence-corrected chi connectivity index (χ1v) is 14.6. The van der Waals surface area contributed by atoms with Gasteiger partial charge in [-0.3, -0.25) is 9.59 Å². The van der Waals surface area contributed by atoms with Crippen molar-refractivity contribution in [3.8, 4) is 5.75 Å². The number of esters is 1. The number of benzene rings is 1. The molecule has 0 saturated heterocycles. The number of nitrogens with one attached hydrogen (secondary N) is 2. The summed E-state index contributed by atoms with van der Waals surface area (Å²) >= 11 is 2.73. The lowest BCUT2D eigenvalue weighted by molar-refractivity contribution is -0.115. The van der Waals surface area contributed by atoms with Gasteiger partial charge in [-0.15, -0.1) is 21.5 Å². The number of anilines is 1. The minimum absolute atomic E-state index is 0.158. The molecule has 0 radical (unpaired) electrons. The molecular formula is C27H33N5O5S2. The lowest BCUT2D eigenvalue weighted by Gasteiger charge is -2.13. The number of methoxy groups -OCH3 is 1. The van der Waals surface area contributed by atoms with Crippen LogP contribution in [-0.4, -0.2) is 51.5 Å². The maximum absolute atomic E-state index is 13.2. The van der Waals surface area contributed by atoms with Gasteiger partial charge in [0.25, 0.3) is 5.91 Å². The second-order valence-electron chi connectivity index (χ2n) is 9.08. The molecule has 2 amide bonds. The first kappa shape index (κ1) is 28.6. The molecule has 1 aliphatic rings. The minimum Gasteiger partial charge on any atom is -0.496 e. The van der Waals surface area contributed by atoms with E-state index in [0.29, 0.717) is 32.9 Å². The number of carbonyl (C=O) groups excluding carboxylic acids is 3. The third kappa shape index (κ3) is 6.62. The van der Waals surface area contributed by atoms with Crippen molar-refractivity contribution in [1.82, 2.24) is 20.1 Å². The van der Waals surface area contributed by atoms with Crippen molar-refractivity contribution in [1.29, 1.82) is 0 Å². The number of aryl methyl sites for hydroxylation is 1. The summed E-state index contributed by atoms with van der Waals surface area (Å²) < 4.78 is 12.3. The van der Waals surface area contributed by atoms with E-state index < -0.39 is 5.25 Å². The zero-order chi connectivity index (χ0) is 27.9. The Kier molecular flexibility index (Phi) is 9.63. The Labute approximate surface area is 235 Å². The Morgan fingerprint density at radius 2 is 1.92 bits per heavy atom. The maximum Gasteiger partial charge on any atom is 0.341 e. The van der Waals surface area contributed by atoms with Gasteiger partial charge < -0.3 is 24.7 Å². The van der Waals surface area contributed by atoms with Gasteiger partial charge >= 0.3 is 5.97 Å². The van der Waals surface area contributed by atoms with E-state index in [1.165, 1.54) is 30.2 Å². The number of hydrogen-bond acceptors (Lipinski definition) is 9. The fourth-order valence-electron chi connectivity index (χ4n) is 4.36. The van der Waals surface area contributed by atoms with Gasteiger partial charge in [0.2, 0.25) is 5.91 Å². The number of rotatable bonds is 10. The fraction of sp³-hybridized carbons (Fsp3) is 0.444. The zero-order valence-corrected chi connectivity index (χ0v) is 24.2. The van der Waals surface area contributed by atoms with Crippen molar-refractivity contribution in [2.45, 2.75) is 62.9 Å². The normalized spacial score (nSPS) is 13.6. The summed E-state index contributed by atoms with van der Waals surface area (Å²) in [5, 5.41) is 14.8. The second kappa shape index (κ2) is 13.1. The Bertz CT molecular complexity index is 1350. The number of hydrogen-bond donors (Lipinski definition) is 2. The summed E-state index contributed by atoms with van der Waals surface area (Å²) in [5.74, 6) is 0.109. The quantitative estimate of drug-likeness (QED) is 0.209. The van der Waals surface area contributed by atoms with E-state index >= 15 is 0 Å². The highest BCUT2D eigenvalue weighted by molar-refractivity contribution is 8.00. The van der Waals surface area contributed by atoms with Gasteiger partial charge in [-0.2, -0.15) is 0 Å². The van der Waals surface area contributed by atoms with Gasteiger partial charge in [0.05, 0.1) is 36.6 Å². The van der Waals surface area contributed by atoms with Gasteiger partial charge in [-0.1, -0.05) is 30.3 Å². The topological polar surface area (TPSA) is 124 Å². The molecule has 12 heteroatoms. The molecule has 0 fully saturated rings. The second-order valence-corrected chi connectivity index (χ2v) is 11.5. The number of ether oxygens (including phenoxy) is 2. The molecule has 0 saturated carbocycles. The molecule has 1 unspecified atom stereocenters. The number of thioether (sulfide) groups is 1. The zero-order valence-electron chi connectivity index (χ0n) is 22.5. The molecule has 0 spiro atoms. The largest absolute Gasteiger partial charge is 0.496 e. The molecule has 1 atom stereocenters. The minimum atomic E-state index is -0.513. The summed E-state index contributed by atoms with van der Waals surface area (Å²) in [6.07, 6.45) is 4.94. The van der Waals surface area contributed by atoms with Crippen LogP contribution in [0, 0.1) is 0 Å². The molecule has 208 valence electrons. The van der Waals surface area contributed by atoms with Crippen molar-refractivity contribution >= 4 is 45.9 Å². The highest BCUT2D eigenvalue weighted by Crippen LogP contribution is 2.38. The van der Waals surface area contributed by atoms with Crippen LogP contribution in [0.1, 0.15) is 70.1 Å². The number of nitrogens with zero attached hydrogens (tertiary/aromatic N) is 3. The first-order valence-electron chi connectivity index (χ1n) is 12.9. The standard InChI is InChI=1S/C27H33N5O5S2/c1-5-37-26(35)22-18-12-7-6-8-14-20(18)39-25(22)29-23(33)16(2)38-27-31-30-21(32(27)3)15-28-24(34)17-11-9-10-13-19(17)36-4/h9-11,13,16H,5-8,12,14-15H2,1-4H3,(H,28,34)(H,29,33). The summed E-state index contributed by atoms with van der Waals surface area (Å²) in [4.78, 5) is 39.8. The number of thiophene rings is 1. The van der Waals surface area contributed by atoms with Crippen LogP contribution in [0.4, 0.5) is 5.00 Å². The third-order valence-electron chi connectivity index (χ3n) is 6.47. The number of aromatic nitrogens is 3. The van der Waals surface area contributed by atoms with Crippen LogP contribution < -0.4 is 15.4 Å². The van der Waals surface area contributed by atoms with Crippen LogP contribution in [0.5, 0.6) is 5.75 Å². The van der Waals surface area contributed by atoms with E-state index in [0.717, 1.165) is 42.5 Å². The summed E-state index contributed by atoms with van der Waals surface area (Å²) in [6.45, 7) is 3.99. The monoisotopic (exact) mass is 571 g/mol. The van der Waals surface area contributed by atoms with E-state index in [-0.39, 0.29) is 30.9 Å². The van der Waals surface area contributed by atoms with Gasteiger partial charge in [-0.25, -0.2) is 4.79 Å². The van der Waals surface area contributed by atoms with Crippen molar-refractivity contribution < 1.29 is 23.9 Å². The lowest BCUT2D eigenvalue weighted by atomic mass is 10.1. The molecule has 4 rings (SSSR count). The van der Waals surface area contributed by atoms with E-state index in [4.69, 9.17) is 9.47 Å². The van der Waals surface area contributed by atoms with E-state index in [1.54, 1.807) is 49.7 Å². The van der Waals surface area contributed by atoms with Crippen molar-refractivity contribution in [3.63, 3.8) is 0 Å². The average molecular weight is 572 g/mol. The molecule has 39 heavy (non-hydrogen) atoms. The Morgan fingerprint density at radius 3 is 2.69 bits per heavy atom. The van der Waals surface area contributed by atoms with Crippen LogP contribution in [0.15, 0.2) is 29.4 Å². The van der Waals surface area contributed by atoms with Gasteiger partial charge in [-0.05, 0) is 57.2 Å². The molecule has 1 aliphatic carbocycles. The van der Waals surface area contributed by atoms with Gasteiger partial charge in [0, 0.05) is 11.9 Å². The van der Waals surface area contributed by atoms with Crippen molar-refractivity contribution in [2.24, 2.45) is 7.05 Å². The molecule has 10 nitrogen and oxygen atoms in total. The van der Waals surface area contributed by atoms with Crippen LogP contribution in [-0.2, 0) is 36.0 Å². The summed E-state index contributed by atoms with van der Waals surface area (Å²) in [5.41, 5.74) is 1.94. The highest BCUT2D eigenvalue weighted by Gasteiger charge is 2.28. The molecule has 0 bridgehead atoms. The van der Waals surface area contributed by atoms with Crippen LogP contribution in [0.3, 0.4) is 0 Å². The van der Waals surface area contributed by atoms with Crippen LogP contribution >= 0.6 is 23.1 Å². The number of amides is 2. The number of carbonyl (C=O) groups is 3. The molecule has 2 heterocycles. The molecule has 2 N–H and O–H groups in total. The lowest BCUT2D eigenvalue weighted by Crippen LogP contribution is -2.25. The van der Waals surface area contributed by atoms with E-state index in [2.05, 4.69) is 20.8 Å². The first-order chi connectivity index (χ1) is 18.8. The average Bonchev–Trinajstić information content (AvgIpc) is 3.36. The predicted octanol–water partition coefficient (Wildman–Crippen LogP) is 4.38. The number of para-hydroxylation sites is 1. The van der Waals surface area contributed by atoms with E-state index in [1.807, 2.05) is 0 Å². The molecular weight excluding hydrogens is 538 g/mol. The Hall–Kier alpha value is -3.38.